The van der Waals surface area contributed by atoms with Gasteiger partial charge in [0.15, 0.2) is 0 Å². The zero-order chi connectivity index (χ0) is 14.7. The minimum absolute atomic E-state index is 0.195. The van der Waals surface area contributed by atoms with Crippen LogP contribution in [0.15, 0.2) is 36.7 Å². The molecule has 0 aliphatic heterocycles. The molecule has 2 N–H and O–H groups in total. The highest BCUT2D eigenvalue weighted by atomic mass is 16.4. The second-order valence-corrected chi connectivity index (χ2v) is 4.94. The van der Waals surface area contributed by atoms with Gasteiger partial charge in [0, 0.05) is 17.8 Å². The smallest absolute Gasteiger partial charge is 0.326 e. The third-order valence-electron chi connectivity index (χ3n) is 3.13. The van der Waals surface area contributed by atoms with Gasteiger partial charge >= 0.3 is 5.97 Å². The number of carboxylic acid groups (broad SMARTS) is 1. The zero-order valence-electron chi connectivity index (χ0n) is 11.3. The molecule has 2 aromatic rings. The summed E-state index contributed by atoms with van der Waals surface area (Å²) >= 11 is 0. The van der Waals surface area contributed by atoms with Crippen LogP contribution in [0.3, 0.4) is 0 Å². The maximum absolute atomic E-state index is 12.3. The minimum Gasteiger partial charge on any atom is -0.480 e. The van der Waals surface area contributed by atoms with Gasteiger partial charge in [-0.15, -0.1) is 0 Å². The lowest BCUT2D eigenvalue weighted by Crippen LogP contribution is -2.44. The van der Waals surface area contributed by atoms with E-state index in [1.807, 2.05) is 24.3 Å². The van der Waals surface area contributed by atoms with Crippen LogP contribution in [-0.4, -0.2) is 28.0 Å². The van der Waals surface area contributed by atoms with Crippen molar-refractivity contribution in [2.24, 2.45) is 5.92 Å². The van der Waals surface area contributed by atoms with E-state index in [1.165, 1.54) is 6.20 Å². The molecule has 5 nitrogen and oxygen atoms in total. The van der Waals surface area contributed by atoms with Crippen molar-refractivity contribution in [2.75, 3.05) is 0 Å². The van der Waals surface area contributed by atoms with Crippen LogP contribution >= 0.6 is 0 Å². The second-order valence-electron chi connectivity index (χ2n) is 4.94. The Bertz CT molecular complexity index is 647. The van der Waals surface area contributed by atoms with Crippen molar-refractivity contribution in [3.05, 3.63) is 42.2 Å². The Balaban J connectivity index is 2.34. The molecule has 0 saturated carbocycles. The fourth-order valence-electron chi connectivity index (χ4n) is 2.03. The molecule has 104 valence electrons. The van der Waals surface area contributed by atoms with E-state index >= 15 is 0 Å². The fourth-order valence-corrected chi connectivity index (χ4v) is 2.03. The van der Waals surface area contributed by atoms with Gasteiger partial charge in [-0.3, -0.25) is 9.78 Å². The first-order valence-electron chi connectivity index (χ1n) is 6.37. The van der Waals surface area contributed by atoms with E-state index in [0.717, 1.165) is 10.8 Å². The molecule has 5 heteroatoms. The Morgan fingerprint density at radius 3 is 2.55 bits per heavy atom. The first kappa shape index (κ1) is 14.0. The average Bonchev–Trinajstić information content (AvgIpc) is 2.43. The topological polar surface area (TPSA) is 79.3 Å². The van der Waals surface area contributed by atoms with Crippen molar-refractivity contribution in [1.82, 2.24) is 10.3 Å². The molecular weight excluding hydrogens is 256 g/mol. The first-order chi connectivity index (χ1) is 9.50. The molecule has 1 aromatic carbocycles. The average molecular weight is 272 g/mol. The summed E-state index contributed by atoms with van der Waals surface area (Å²) in [7, 11) is 0. The number of amides is 1. The van der Waals surface area contributed by atoms with Gasteiger partial charge in [-0.05, 0) is 11.3 Å². The molecule has 20 heavy (non-hydrogen) atoms. The van der Waals surface area contributed by atoms with Crippen molar-refractivity contribution in [2.45, 2.75) is 19.9 Å². The summed E-state index contributed by atoms with van der Waals surface area (Å²) in [6.07, 6.45) is 3.13. The molecule has 1 heterocycles. The van der Waals surface area contributed by atoms with Crippen molar-refractivity contribution in [3.8, 4) is 0 Å². The van der Waals surface area contributed by atoms with Gasteiger partial charge in [-0.2, -0.15) is 0 Å². The number of carbonyl (C=O) groups is 2. The van der Waals surface area contributed by atoms with Crippen LogP contribution in [0, 0.1) is 5.92 Å². The summed E-state index contributed by atoms with van der Waals surface area (Å²) in [5.74, 6) is -1.66. The van der Waals surface area contributed by atoms with Gasteiger partial charge in [-0.1, -0.05) is 38.1 Å². The van der Waals surface area contributed by atoms with Crippen molar-refractivity contribution in [3.63, 3.8) is 0 Å². The number of benzene rings is 1. The van der Waals surface area contributed by atoms with E-state index in [9.17, 15) is 9.59 Å². The third kappa shape index (κ3) is 2.77. The molecule has 0 fully saturated rings. The molecule has 1 unspecified atom stereocenters. The number of pyridine rings is 1. The summed E-state index contributed by atoms with van der Waals surface area (Å²) < 4.78 is 0. The molecule has 1 atom stereocenters. The lowest BCUT2D eigenvalue weighted by Gasteiger charge is -2.18. The molecule has 0 radical (unpaired) electrons. The molecule has 0 saturated heterocycles. The Morgan fingerprint density at radius 2 is 1.90 bits per heavy atom. The van der Waals surface area contributed by atoms with Crippen LogP contribution in [0.4, 0.5) is 0 Å². The van der Waals surface area contributed by atoms with Crippen LogP contribution < -0.4 is 5.32 Å². The number of fused-ring (bicyclic) bond motifs is 1. The number of aromatic nitrogens is 1. The fraction of sp³-hybridized carbons (Fsp3) is 0.267. The third-order valence-corrected chi connectivity index (χ3v) is 3.13. The number of carbonyl (C=O) groups excluding carboxylic acids is 1. The summed E-state index contributed by atoms with van der Waals surface area (Å²) in [5.41, 5.74) is 0.384. The number of hydrogen-bond acceptors (Lipinski definition) is 3. The highest BCUT2D eigenvalue weighted by Gasteiger charge is 2.24. The monoisotopic (exact) mass is 272 g/mol. The van der Waals surface area contributed by atoms with E-state index in [0.29, 0.717) is 5.56 Å². The summed E-state index contributed by atoms with van der Waals surface area (Å²) in [6, 6.07) is 6.45. The molecule has 0 aliphatic carbocycles. The van der Waals surface area contributed by atoms with Crippen molar-refractivity contribution < 1.29 is 14.7 Å². The summed E-state index contributed by atoms with van der Waals surface area (Å²) in [6.45, 7) is 3.50. The first-order valence-corrected chi connectivity index (χ1v) is 6.37. The van der Waals surface area contributed by atoms with Crippen LogP contribution in [0.5, 0.6) is 0 Å². The minimum atomic E-state index is -1.04. The van der Waals surface area contributed by atoms with Crippen molar-refractivity contribution in [1.29, 1.82) is 0 Å². The lowest BCUT2D eigenvalue weighted by molar-refractivity contribution is -0.140. The number of aliphatic carboxylic acids is 1. The highest BCUT2D eigenvalue weighted by Crippen LogP contribution is 2.17. The van der Waals surface area contributed by atoms with E-state index in [1.54, 1.807) is 20.0 Å². The maximum Gasteiger partial charge on any atom is 0.326 e. The Hall–Kier alpha value is -2.43. The number of nitrogens with zero attached hydrogens (tertiary/aromatic N) is 1. The Morgan fingerprint density at radius 1 is 1.20 bits per heavy atom. The summed E-state index contributed by atoms with van der Waals surface area (Å²) in [5, 5.41) is 13.3. The van der Waals surface area contributed by atoms with E-state index in [2.05, 4.69) is 10.3 Å². The van der Waals surface area contributed by atoms with Crippen LogP contribution in [0.1, 0.15) is 24.2 Å². The largest absolute Gasteiger partial charge is 0.480 e. The molecule has 1 amide bonds. The molecule has 2 rings (SSSR count). The van der Waals surface area contributed by atoms with Gasteiger partial charge in [0.25, 0.3) is 5.91 Å². The quantitative estimate of drug-likeness (QED) is 0.893. The SMILES string of the molecule is CC(C)C(NC(=O)c1cncc2ccccc12)C(=O)O. The number of nitrogens with one attached hydrogen (secondary N) is 1. The summed E-state index contributed by atoms with van der Waals surface area (Å²) in [4.78, 5) is 27.4. The predicted molar refractivity (Wildman–Crippen MR) is 75.5 cm³/mol. The van der Waals surface area contributed by atoms with E-state index in [-0.39, 0.29) is 5.92 Å². The van der Waals surface area contributed by atoms with E-state index in [4.69, 9.17) is 5.11 Å². The standard InChI is InChI=1S/C15H16N2O3/c1-9(2)13(15(19)20)17-14(18)12-8-16-7-10-5-3-4-6-11(10)12/h3-9,13H,1-2H3,(H,17,18)(H,19,20). The van der Waals surface area contributed by atoms with Gasteiger partial charge in [0.1, 0.15) is 6.04 Å². The predicted octanol–water partition coefficient (Wildman–Crippen LogP) is 2.07. The molecule has 0 spiro atoms. The molecule has 0 bridgehead atoms. The van der Waals surface area contributed by atoms with Gasteiger partial charge < -0.3 is 10.4 Å². The van der Waals surface area contributed by atoms with Gasteiger partial charge in [-0.25, -0.2) is 4.79 Å². The lowest BCUT2D eigenvalue weighted by atomic mass is 10.0. The number of carboxylic acids is 1. The van der Waals surface area contributed by atoms with Gasteiger partial charge in [0.2, 0.25) is 0 Å². The highest BCUT2D eigenvalue weighted by molar-refractivity contribution is 6.07. The molecular formula is C15H16N2O3. The molecule has 1 aromatic heterocycles. The van der Waals surface area contributed by atoms with E-state index < -0.39 is 17.9 Å². The Kier molecular flexibility index (Phi) is 3.98. The Labute approximate surface area is 116 Å². The molecule has 0 aliphatic rings. The normalized spacial score (nSPS) is 12.3. The van der Waals surface area contributed by atoms with Crippen LogP contribution in [-0.2, 0) is 4.79 Å². The second kappa shape index (κ2) is 5.69. The van der Waals surface area contributed by atoms with Crippen molar-refractivity contribution >= 4 is 22.6 Å². The van der Waals surface area contributed by atoms with Crippen LogP contribution in [0.2, 0.25) is 0 Å². The van der Waals surface area contributed by atoms with Crippen LogP contribution in [0.25, 0.3) is 10.8 Å². The maximum atomic E-state index is 12.3. The van der Waals surface area contributed by atoms with Gasteiger partial charge in [0.05, 0.1) is 5.56 Å². The number of rotatable bonds is 4. The number of hydrogen-bond donors (Lipinski definition) is 2. The zero-order valence-corrected chi connectivity index (χ0v) is 11.3.